The van der Waals surface area contributed by atoms with Crippen LogP contribution in [-0.2, 0) is 16.1 Å². The number of amides is 1. The number of carbonyl (C=O) groups is 1. The Morgan fingerprint density at radius 2 is 2.47 bits per heavy atom. The second kappa shape index (κ2) is 5.25. The average molecular weight is 235 g/mol. The fraction of sp³-hybridized carbons (Fsp3) is 0.500. The van der Waals surface area contributed by atoms with Gasteiger partial charge in [-0.2, -0.15) is 0 Å². The summed E-state index contributed by atoms with van der Waals surface area (Å²) in [6.07, 6.45) is 3.44. The first kappa shape index (κ1) is 12.0. The highest BCUT2D eigenvalue weighted by molar-refractivity contribution is 5.77. The monoisotopic (exact) mass is 235 g/mol. The van der Waals surface area contributed by atoms with Crippen LogP contribution in [0.2, 0.25) is 0 Å². The second-order valence-electron chi connectivity index (χ2n) is 4.48. The lowest BCUT2D eigenvalue weighted by Crippen LogP contribution is -2.59. The Morgan fingerprint density at radius 1 is 1.65 bits per heavy atom. The highest BCUT2D eigenvalue weighted by atomic mass is 16.5. The Morgan fingerprint density at radius 3 is 3.06 bits per heavy atom. The normalized spacial score (nSPS) is 17.2. The number of pyridine rings is 1. The van der Waals surface area contributed by atoms with E-state index >= 15 is 0 Å². The zero-order chi connectivity index (χ0) is 12.1. The zero-order valence-electron chi connectivity index (χ0n) is 9.90. The van der Waals surface area contributed by atoms with E-state index in [0.29, 0.717) is 6.54 Å². The van der Waals surface area contributed by atoms with E-state index in [1.807, 2.05) is 19.1 Å². The van der Waals surface area contributed by atoms with E-state index in [4.69, 9.17) is 4.74 Å². The molecule has 5 heteroatoms. The molecule has 0 bridgehead atoms. The summed E-state index contributed by atoms with van der Waals surface area (Å²) in [4.78, 5) is 15.5. The predicted molar refractivity (Wildman–Crippen MR) is 63.3 cm³/mol. The van der Waals surface area contributed by atoms with Gasteiger partial charge in [-0.15, -0.1) is 0 Å². The van der Waals surface area contributed by atoms with Gasteiger partial charge in [0, 0.05) is 32.0 Å². The fourth-order valence-corrected chi connectivity index (χ4v) is 1.57. The Labute approximate surface area is 101 Å². The van der Waals surface area contributed by atoms with Crippen molar-refractivity contribution in [3.63, 3.8) is 0 Å². The summed E-state index contributed by atoms with van der Waals surface area (Å²) >= 11 is 0. The lowest BCUT2D eigenvalue weighted by molar-refractivity contribution is -0.136. The second-order valence-corrected chi connectivity index (χ2v) is 4.48. The van der Waals surface area contributed by atoms with Gasteiger partial charge in [-0.05, 0) is 18.6 Å². The fourth-order valence-electron chi connectivity index (χ4n) is 1.57. The van der Waals surface area contributed by atoms with Gasteiger partial charge in [0.15, 0.2) is 0 Å². The Bertz CT molecular complexity index is 377. The SMILES string of the molecule is CC1(OCC(=O)NCc2cccnc2)CNC1. The molecule has 1 fully saturated rings. The quantitative estimate of drug-likeness (QED) is 0.758. The van der Waals surface area contributed by atoms with Gasteiger partial charge in [0.2, 0.25) is 5.91 Å². The van der Waals surface area contributed by atoms with E-state index in [1.165, 1.54) is 0 Å². The number of nitrogens with zero attached hydrogens (tertiary/aromatic N) is 1. The zero-order valence-corrected chi connectivity index (χ0v) is 9.90. The van der Waals surface area contributed by atoms with Gasteiger partial charge in [0.25, 0.3) is 0 Å². The van der Waals surface area contributed by atoms with E-state index < -0.39 is 0 Å². The lowest BCUT2D eigenvalue weighted by atomic mass is 10.0. The van der Waals surface area contributed by atoms with Crippen LogP contribution in [0.4, 0.5) is 0 Å². The largest absolute Gasteiger partial charge is 0.363 e. The van der Waals surface area contributed by atoms with Crippen molar-refractivity contribution in [3.8, 4) is 0 Å². The number of aromatic nitrogens is 1. The molecule has 92 valence electrons. The summed E-state index contributed by atoms with van der Waals surface area (Å²) in [5.41, 5.74) is 0.809. The molecule has 1 aliphatic heterocycles. The van der Waals surface area contributed by atoms with Crippen LogP contribution in [0.5, 0.6) is 0 Å². The highest BCUT2D eigenvalue weighted by Gasteiger charge is 2.32. The van der Waals surface area contributed by atoms with Gasteiger partial charge in [0.1, 0.15) is 6.61 Å². The summed E-state index contributed by atoms with van der Waals surface area (Å²) in [5.74, 6) is -0.0954. The number of hydrogen-bond donors (Lipinski definition) is 2. The standard InChI is InChI=1S/C12H17N3O2/c1-12(8-14-9-12)17-7-11(16)15-6-10-3-2-4-13-5-10/h2-5,14H,6-9H2,1H3,(H,15,16). The molecule has 1 aromatic rings. The van der Waals surface area contributed by atoms with Crippen LogP contribution in [0, 0.1) is 0 Å². The minimum Gasteiger partial charge on any atom is -0.363 e. The van der Waals surface area contributed by atoms with Crippen molar-refractivity contribution >= 4 is 5.91 Å². The molecule has 0 radical (unpaired) electrons. The van der Waals surface area contributed by atoms with Gasteiger partial charge >= 0.3 is 0 Å². The summed E-state index contributed by atoms with van der Waals surface area (Å²) in [5, 5.41) is 5.91. The average Bonchev–Trinajstić information content (AvgIpc) is 2.33. The molecule has 17 heavy (non-hydrogen) atoms. The Kier molecular flexibility index (Phi) is 3.71. The van der Waals surface area contributed by atoms with E-state index in [1.54, 1.807) is 12.4 Å². The molecule has 0 spiro atoms. The number of ether oxygens (including phenoxy) is 1. The molecular weight excluding hydrogens is 218 g/mol. The van der Waals surface area contributed by atoms with Crippen molar-refractivity contribution in [1.29, 1.82) is 0 Å². The Hall–Kier alpha value is -1.46. The minimum absolute atomic E-state index is 0.0954. The molecule has 0 saturated carbocycles. The smallest absolute Gasteiger partial charge is 0.246 e. The highest BCUT2D eigenvalue weighted by Crippen LogP contribution is 2.14. The van der Waals surface area contributed by atoms with Crippen LogP contribution in [0.3, 0.4) is 0 Å². The first-order valence-corrected chi connectivity index (χ1v) is 5.68. The van der Waals surface area contributed by atoms with E-state index in [2.05, 4.69) is 15.6 Å². The van der Waals surface area contributed by atoms with Gasteiger partial charge in [-0.3, -0.25) is 9.78 Å². The topological polar surface area (TPSA) is 63.2 Å². The van der Waals surface area contributed by atoms with Gasteiger partial charge in [-0.25, -0.2) is 0 Å². The maximum Gasteiger partial charge on any atom is 0.246 e. The summed E-state index contributed by atoms with van der Waals surface area (Å²) in [7, 11) is 0. The van der Waals surface area contributed by atoms with E-state index in [9.17, 15) is 4.79 Å². The third kappa shape index (κ3) is 3.51. The number of carbonyl (C=O) groups excluding carboxylic acids is 1. The van der Waals surface area contributed by atoms with Crippen LogP contribution in [-0.4, -0.2) is 36.2 Å². The molecule has 2 rings (SSSR count). The van der Waals surface area contributed by atoms with Gasteiger partial charge in [-0.1, -0.05) is 6.07 Å². The number of nitrogens with one attached hydrogen (secondary N) is 2. The maximum atomic E-state index is 11.5. The molecule has 0 aromatic carbocycles. The molecule has 0 unspecified atom stereocenters. The third-order valence-electron chi connectivity index (χ3n) is 2.76. The van der Waals surface area contributed by atoms with Crippen molar-refractivity contribution in [1.82, 2.24) is 15.6 Å². The number of hydrogen-bond acceptors (Lipinski definition) is 4. The molecule has 1 aliphatic rings. The van der Waals surface area contributed by atoms with Crippen LogP contribution in [0.1, 0.15) is 12.5 Å². The van der Waals surface area contributed by atoms with Crippen molar-refractivity contribution in [3.05, 3.63) is 30.1 Å². The van der Waals surface area contributed by atoms with Crippen LogP contribution < -0.4 is 10.6 Å². The molecule has 2 N–H and O–H groups in total. The molecule has 5 nitrogen and oxygen atoms in total. The predicted octanol–water partition coefficient (Wildman–Crippen LogP) is 0.0763. The Balaban J connectivity index is 1.67. The van der Waals surface area contributed by atoms with Crippen LogP contribution >= 0.6 is 0 Å². The molecule has 2 heterocycles. The molecule has 1 amide bonds. The van der Waals surface area contributed by atoms with Gasteiger partial charge < -0.3 is 15.4 Å². The summed E-state index contributed by atoms with van der Waals surface area (Å²) in [6, 6.07) is 3.77. The van der Waals surface area contributed by atoms with E-state index in [0.717, 1.165) is 18.7 Å². The lowest BCUT2D eigenvalue weighted by Gasteiger charge is -2.38. The van der Waals surface area contributed by atoms with Crippen molar-refractivity contribution in [2.24, 2.45) is 0 Å². The first-order chi connectivity index (χ1) is 8.18. The van der Waals surface area contributed by atoms with Crippen LogP contribution in [0.15, 0.2) is 24.5 Å². The summed E-state index contributed by atoms with van der Waals surface area (Å²) < 4.78 is 5.53. The summed E-state index contributed by atoms with van der Waals surface area (Å²) in [6.45, 7) is 4.22. The van der Waals surface area contributed by atoms with Gasteiger partial charge in [0.05, 0.1) is 5.60 Å². The van der Waals surface area contributed by atoms with Crippen molar-refractivity contribution in [2.75, 3.05) is 19.7 Å². The molecular formula is C12H17N3O2. The molecule has 1 saturated heterocycles. The van der Waals surface area contributed by atoms with E-state index in [-0.39, 0.29) is 18.1 Å². The first-order valence-electron chi connectivity index (χ1n) is 5.68. The van der Waals surface area contributed by atoms with Crippen LogP contribution in [0.25, 0.3) is 0 Å². The maximum absolute atomic E-state index is 11.5. The molecule has 1 aromatic heterocycles. The number of rotatable bonds is 5. The minimum atomic E-state index is -0.175. The van der Waals surface area contributed by atoms with Crippen molar-refractivity contribution < 1.29 is 9.53 Å². The molecule has 0 aliphatic carbocycles. The van der Waals surface area contributed by atoms with Crippen molar-refractivity contribution in [2.45, 2.75) is 19.1 Å². The molecule has 0 atom stereocenters. The third-order valence-corrected chi connectivity index (χ3v) is 2.76.